The molecule has 2 N–H and O–H groups in total. The highest BCUT2D eigenvalue weighted by molar-refractivity contribution is 6.36. The van der Waals surface area contributed by atoms with Gasteiger partial charge in [0, 0.05) is 6.42 Å². The van der Waals surface area contributed by atoms with Gasteiger partial charge in [0.1, 0.15) is 5.54 Å². The number of Topliss-reactive ketones (excluding diaryl/α,β-unsaturated/α-hetero) is 1. The maximum Gasteiger partial charge on any atom is 0.328 e. The van der Waals surface area contributed by atoms with E-state index in [1.54, 1.807) is 0 Å². The quantitative estimate of drug-likeness (QED) is 0.312. The van der Waals surface area contributed by atoms with Crippen molar-refractivity contribution < 1.29 is 19.5 Å². The van der Waals surface area contributed by atoms with Crippen LogP contribution < -0.4 is 5.32 Å². The van der Waals surface area contributed by atoms with Gasteiger partial charge >= 0.3 is 5.97 Å². The number of ketones is 1. The van der Waals surface area contributed by atoms with Gasteiger partial charge in [-0.15, -0.1) is 0 Å². The summed E-state index contributed by atoms with van der Waals surface area (Å²) in [6.45, 7) is 4.96. The lowest BCUT2D eigenvalue weighted by Crippen LogP contribution is -2.51. The third kappa shape index (κ3) is 12.6. The van der Waals surface area contributed by atoms with Gasteiger partial charge in [-0.05, 0) is 20.3 Å². The Morgan fingerprint density at radius 3 is 1.56 bits per heavy atom. The summed E-state index contributed by atoms with van der Waals surface area (Å²) in [5, 5.41) is 11.2. The summed E-state index contributed by atoms with van der Waals surface area (Å²) in [6.07, 6.45) is 14.7. The zero-order valence-corrected chi connectivity index (χ0v) is 16.4. The number of carboxylic acids is 1. The number of nitrogens with one attached hydrogen (secondary N) is 1. The van der Waals surface area contributed by atoms with Crippen LogP contribution in [0.15, 0.2) is 0 Å². The number of carbonyl (C=O) groups excluding carboxylic acids is 2. The highest BCUT2D eigenvalue weighted by Crippen LogP contribution is 2.12. The molecule has 5 heteroatoms. The molecule has 0 spiro atoms. The second-order valence-electron chi connectivity index (χ2n) is 7.45. The van der Waals surface area contributed by atoms with Crippen molar-refractivity contribution in [3.05, 3.63) is 0 Å². The molecule has 0 aromatic heterocycles. The number of hydrogen-bond donors (Lipinski definition) is 2. The Bertz CT molecular complexity index is 405. The smallest absolute Gasteiger partial charge is 0.328 e. The fourth-order valence-corrected chi connectivity index (χ4v) is 2.65. The van der Waals surface area contributed by atoms with Crippen molar-refractivity contribution in [1.29, 1.82) is 0 Å². The second-order valence-corrected chi connectivity index (χ2v) is 7.45. The van der Waals surface area contributed by atoms with E-state index in [0.29, 0.717) is 6.42 Å². The lowest BCUT2D eigenvalue weighted by molar-refractivity contribution is -0.147. The van der Waals surface area contributed by atoms with Crippen LogP contribution >= 0.6 is 0 Å². The minimum Gasteiger partial charge on any atom is -0.480 e. The first kappa shape index (κ1) is 23.6. The minimum absolute atomic E-state index is 0.193. The molecule has 146 valence electrons. The van der Waals surface area contributed by atoms with Crippen LogP contribution in [0.25, 0.3) is 0 Å². The van der Waals surface area contributed by atoms with Gasteiger partial charge < -0.3 is 10.4 Å². The van der Waals surface area contributed by atoms with E-state index in [9.17, 15) is 14.4 Å². The maximum absolute atomic E-state index is 11.7. The van der Waals surface area contributed by atoms with Gasteiger partial charge in [-0.25, -0.2) is 4.79 Å². The van der Waals surface area contributed by atoms with Gasteiger partial charge in [0.15, 0.2) is 0 Å². The normalized spacial score (nSPS) is 11.3. The third-order valence-electron chi connectivity index (χ3n) is 4.47. The van der Waals surface area contributed by atoms with Gasteiger partial charge in [0.05, 0.1) is 0 Å². The fourth-order valence-electron chi connectivity index (χ4n) is 2.65. The molecule has 0 rings (SSSR count). The molecule has 0 aliphatic rings. The van der Waals surface area contributed by atoms with Crippen LogP contribution in [0.4, 0.5) is 0 Å². The summed E-state index contributed by atoms with van der Waals surface area (Å²) >= 11 is 0. The highest BCUT2D eigenvalue weighted by atomic mass is 16.4. The molecule has 0 bridgehead atoms. The van der Waals surface area contributed by atoms with Crippen molar-refractivity contribution >= 4 is 17.7 Å². The number of amides is 1. The summed E-state index contributed by atoms with van der Waals surface area (Å²) in [4.78, 5) is 34.3. The molecule has 0 unspecified atom stereocenters. The van der Waals surface area contributed by atoms with Crippen molar-refractivity contribution in [2.24, 2.45) is 0 Å². The molecule has 0 fully saturated rings. The standard InChI is InChI=1S/C20H37NO4/c1-4-5-6-7-8-9-10-11-12-13-14-15-16-17(22)18(23)21-20(2,3)19(24)25/h4-16H2,1-3H3,(H,21,23)(H,24,25). The Morgan fingerprint density at radius 1 is 0.760 bits per heavy atom. The number of unbranched alkanes of at least 4 members (excludes halogenated alkanes) is 11. The zero-order chi connectivity index (χ0) is 19.1. The Hall–Kier alpha value is -1.39. The zero-order valence-electron chi connectivity index (χ0n) is 16.4. The third-order valence-corrected chi connectivity index (χ3v) is 4.47. The number of hydrogen-bond acceptors (Lipinski definition) is 3. The first-order valence-electron chi connectivity index (χ1n) is 9.90. The van der Waals surface area contributed by atoms with E-state index in [-0.39, 0.29) is 6.42 Å². The predicted octanol–water partition coefficient (Wildman–Crippen LogP) is 4.63. The van der Waals surface area contributed by atoms with E-state index in [4.69, 9.17) is 5.11 Å². The summed E-state index contributed by atoms with van der Waals surface area (Å²) < 4.78 is 0. The van der Waals surface area contributed by atoms with Gasteiger partial charge in [-0.2, -0.15) is 0 Å². The molecule has 1 amide bonds. The van der Waals surface area contributed by atoms with E-state index in [2.05, 4.69) is 12.2 Å². The number of rotatable bonds is 16. The Balaban J connectivity index is 3.54. The highest BCUT2D eigenvalue weighted by Gasteiger charge is 2.30. The van der Waals surface area contributed by atoms with Crippen molar-refractivity contribution in [1.82, 2.24) is 5.32 Å². The average Bonchev–Trinajstić information content (AvgIpc) is 2.55. The first-order valence-corrected chi connectivity index (χ1v) is 9.90. The molecule has 0 saturated heterocycles. The topological polar surface area (TPSA) is 83.5 Å². The molecule has 0 aromatic carbocycles. The average molecular weight is 356 g/mol. The summed E-state index contributed by atoms with van der Waals surface area (Å²) in [6, 6.07) is 0. The Morgan fingerprint density at radius 2 is 1.16 bits per heavy atom. The molecule has 0 aliphatic carbocycles. The van der Waals surface area contributed by atoms with E-state index >= 15 is 0 Å². The van der Waals surface area contributed by atoms with Crippen LogP contribution in [-0.2, 0) is 14.4 Å². The molecule has 0 radical (unpaired) electrons. The number of carboxylic acid groups (broad SMARTS) is 1. The summed E-state index contributed by atoms with van der Waals surface area (Å²) in [7, 11) is 0. The van der Waals surface area contributed by atoms with Gasteiger partial charge in [-0.1, -0.05) is 77.6 Å². The summed E-state index contributed by atoms with van der Waals surface area (Å²) in [5.41, 5.74) is -1.41. The predicted molar refractivity (Wildman–Crippen MR) is 101 cm³/mol. The molecule has 0 heterocycles. The lowest BCUT2D eigenvalue weighted by Gasteiger charge is -2.20. The van der Waals surface area contributed by atoms with E-state index < -0.39 is 23.2 Å². The second kappa shape index (κ2) is 13.9. The van der Waals surface area contributed by atoms with Crippen molar-refractivity contribution in [3.63, 3.8) is 0 Å². The van der Waals surface area contributed by atoms with Crippen molar-refractivity contribution in [2.45, 2.75) is 110 Å². The largest absolute Gasteiger partial charge is 0.480 e. The van der Waals surface area contributed by atoms with Crippen LogP contribution in [0.3, 0.4) is 0 Å². The van der Waals surface area contributed by atoms with Crippen LogP contribution in [0.1, 0.15) is 104 Å². The van der Waals surface area contributed by atoms with Crippen LogP contribution in [0.5, 0.6) is 0 Å². The van der Waals surface area contributed by atoms with Gasteiger partial charge in [0.25, 0.3) is 5.91 Å². The maximum atomic E-state index is 11.7. The van der Waals surface area contributed by atoms with Crippen LogP contribution in [0.2, 0.25) is 0 Å². The Kier molecular flexibility index (Phi) is 13.1. The molecular formula is C20H37NO4. The van der Waals surface area contributed by atoms with Crippen molar-refractivity contribution in [3.8, 4) is 0 Å². The monoisotopic (exact) mass is 355 g/mol. The molecule has 25 heavy (non-hydrogen) atoms. The Labute approximate surface area is 153 Å². The van der Waals surface area contributed by atoms with E-state index in [1.807, 2.05) is 0 Å². The molecule has 0 aliphatic heterocycles. The summed E-state index contributed by atoms with van der Waals surface area (Å²) in [5.74, 6) is -2.48. The van der Waals surface area contributed by atoms with Gasteiger partial charge in [-0.3, -0.25) is 9.59 Å². The van der Waals surface area contributed by atoms with Crippen LogP contribution in [-0.4, -0.2) is 28.3 Å². The number of aliphatic carboxylic acids is 1. The molecule has 0 aromatic rings. The SMILES string of the molecule is CCCCCCCCCCCCCCC(=O)C(=O)NC(C)(C)C(=O)O. The number of carbonyl (C=O) groups is 3. The molecule has 5 nitrogen and oxygen atoms in total. The van der Waals surface area contributed by atoms with Crippen molar-refractivity contribution in [2.75, 3.05) is 0 Å². The van der Waals surface area contributed by atoms with Crippen LogP contribution in [0, 0.1) is 0 Å². The molecule has 0 atom stereocenters. The lowest BCUT2D eigenvalue weighted by atomic mass is 10.0. The van der Waals surface area contributed by atoms with E-state index in [1.165, 1.54) is 71.6 Å². The fraction of sp³-hybridized carbons (Fsp3) is 0.850. The molecular weight excluding hydrogens is 318 g/mol. The first-order chi connectivity index (χ1) is 11.8. The molecule has 0 saturated carbocycles. The van der Waals surface area contributed by atoms with E-state index in [0.717, 1.165) is 12.8 Å². The van der Waals surface area contributed by atoms with Gasteiger partial charge in [0.2, 0.25) is 5.78 Å². The minimum atomic E-state index is -1.41.